The highest BCUT2D eigenvalue weighted by Gasteiger charge is 2.32. The Morgan fingerprint density at radius 3 is 2.74 bits per heavy atom. The number of aryl methyl sites for hydroxylation is 1. The summed E-state index contributed by atoms with van der Waals surface area (Å²) < 4.78 is 29.4. The number of aromatic nitrogens is 5. The number of fused-ring (bicyclic) bond motifs is 1. The Labute approximate surface area is 201 Å². The maximum Gasteiger partial charge on any atom is 0.281 e. The monoisotopic (exact) mass is 498 g/mol. The first-order chi connectivity index (χ1) is 16.3. The Balaban J connectivity index is 1.45. The first kappa shape index (κ1) is 22.7. The maximum atomic E-state index is 13.2. The number of benzene rings is 2. The van der Waals surface area contributed by atoms with E-state index in [4.69, 9.17) is 11.6 Å². The highest BCUT2D eigenvalue weighted by atomic mass is 35.5. The van der Waals surface area contributed by atoms with Crippen LogP contribution in [0.2, 0.25) is 5.02 Å². The first-order valence-corrected chi connectivity index (χ1v) is 12.8. The van der Waals surface area contributed by atoms with Gasteiger partial charge >= 0.3 is 0 Å². The highest BCUT2D eigenvalue weighted by molar-refractivity contribution is 7.89. The van der Waals surface area contributed by atoms with Crippen LogP contribution in [-0.2, 0) is 16.6 Å². The van der Waals surface area contributed by atoms with Gasteiger partial charge in [0.2, 0.25) is 10.0 Å². The molecule has 1 N–H and O–H groups in total. The van der Waals surface area contributed by atoms with E-state index >= 15 is 0 Å². The second-order valence-electron chi connectivity index (χ2n) is 8.52. The molecule has 0 unspecified atom stereocenters. The minimum atomic E-state index is -3.72. The van der Waals surface area contributed by atoms with Crippen molar-refractivity contribution in [2.75, 3.05) is 13.1 Å². The third-order valence-electron chi connectivity index (χ3n) is 6.05. The van der Waals surface area contributed by atoms with E-state index in [1.165, 1.54) is 16.4 Å². The van der Waals surface area contributed by atoms with Crippen molar-refractivity contribution in [1.82, 2.24) is 29.3 Å². The lowest BCUT2D eigenvalue weighted by Crippen LogP contribution is -2.39. The summed E-state index contributed by atoms with van der Waals surface area (Å²) in [4.78, 5) is 20.4. The fraction of sp³-hybridized carbons (Fsp3) is 0.304. The van der Waals surface area contributed by atoms with Crippen LogP contribution in [0.1, 0.15) is 35.7 Å². The summed E-state index contributed by atoms with van der Waals surface area (Å²) in [6.45, 7) is 3.04. The van der Waals surface area contributed by atoms with Gasteiger partial charge in [0, 0.05) is 24.0 Å². The van der Waals surface area contributed by atoms with E-state index in [1.807, 2.05) is 31.2 Å². The number of rotatable bonds is 5. The van der Waals surface area contributed by atoms with E-state index in [9.17, 15) is 13.2 Å². The molecule has 176 valence electrons. The average Bonchev–Trinajstić information content (AvgIpc) is 3.24. The molecule has 5 rings (SSSR count). The van der Waals surface area contributed by atoms with Crippen LogP contribution in [0.5, 0.6) is 0 Å². The largest absolute Gasteiger partial charge is 0.308 e. The molecule has 1 aliphatic rings. The van der Waals surface area contributed by atoms with E-state index in [0.717, 1.165) is 11.1 Å². The molecule has 0 bridgehead atoms. The van der Waals surface area contributed by atoms with Crippen molar-refractivity contribution in [2.24, 2.45) is 0 Å². The number of halogens is 1. The van der Waals surface area contributed by atoms with E-state index in [0.29, 0.717) is 42.4 Å². The van der Waals surface area contributed by atoms with Crippen LogP contribution in [0.15, 0.2) is 58.2 Å². The Kier molecular flexibility index (Phi) is 5.97. The zero-order valence-electron chi connectivity index (χ0n) is 18.5. The quantitative estimate of drug-likeness (QED) is 0.452. The topological polar surface area (TPSA) is 114 Å². The van der Waals surface area contributed by atoms with Crippen LogP contribution in [0.4, 0.5) is 0 Å². The summed E-state index contributed by atoms with van der Waals surface area (Å²) in [5.74, 6) is 0.179. The molecule has 1 aliphatic heterocycles. The summed E-state index contributed by atoms with van der Waals surface area (Å²) in [5.41, 5.74) is 2.32. The molecule has 1 atom stereocenters. The van der Waals surface area contributed by atoms with Crippen molar-refractivity contribution in [3.8, 4) is 0 Å². The van der Waals surface area contributed by atoms with Crippen LogP contribution in [0, 0.1) is 6.92 Å². The van der Waals surface area contributed by atoms with Crippen LogP contribution >= 0.6 is 11.6 Å². The van der Waals surface area contributed by atoms with Gasteiger partial charge in [-0.25, -0.2) is 18.1 Å². The molecule has 0 amide bonds. The molecule has 0 radical (unpaired) electrons. The minimum Gasteiger partial charge on any atom is -0.308 e. The third kappa shape index (κ3) is 4.36. The number of piperidine rings is 1. The number of hydrogen-bond acceptors (Lipinski definition) is 6. The zero-order valence-corrected chi connectivity index (χ0v) is 20.1. The molecule has 1 fully saturated rings. The van der Waals surface area contributed by atoms with Crippen molar-refractivity contribution < 1.29 is 8.42 Å². The predicted octanol–water partition coefficient (Wildman–Crippen LogP) is 3.09. The molecule has 0 aliphatic carbocycles. The molecular weight excluding hydrogens is 476 g/mol. The third-order valence-corrected chi connectivity index (χ3v) is 8.15. The van der Waals surface area contributed by atoms with Crippen LogP contribution in [0.3, 0.4) is 0 Å². The van der Waals surface area contributed by atoms with E-state index in [1.54, 1.807) is 16.8 Å². The van der Waals surface area contributed by atoms with Crippen molar-refractivity contribution in [2.45, 2.75) is 37.1 Å². The van der Waals surface area contributed by atoms with E-state index in [-0.39, 0.29) is 28.4 Å². The Morgan fingerprint density at radius 2 is 1.97 bits per heavy atom. The van der Waals surface area contributed by atoms with Gasteiger partial charge in [-0.2, -0.15) is 4.31 Å². The number of nitrogens with one attached hydrogen (secondary N) is 1. The molecule has 2 aromatic heterocycles. The molecule has 0 saturated carbocycles. The fourth-order valence-corrected chi connectivity index (χ4v) is 6.04. The molecule has 1 saturated heterocycles. The highest BCUT2D eigenvalue weighted by Crippen LogP contribution is 2.29. The summed E-state index contributed by atoms with van der Waals surface area (Å²) in [7, 11) is -3.72. The maximum absolute atomic E-state index is 13.2. The normalized spacial score (nSPS) is 17.3. The van der Waals surface area contributed by atoms with Crippen LogP contribution in [0.25, 0.3) is 11.2 Å². The molecule has 9 nitrogen and oxygen atoms in total. The number of nitrogens with zero attached hydrogens (tertiary/aromatic N) is 5. The zero-order chi connectivity index (χ0) is 23.9. The SMILES string of the molecule is Cc1ccc(Cn2nnc3c(=O)[nH]c([C@@H]4CCCN(S(=O)(=O)c5cccc(Cl)c5)C4)nc32)cc1. The second-order valence-corrected chi connectivity index (χ2v) is 10.9. The average molecular weight is 499 g/mol. The van der Waals surface area contributed by atoms with Gasteiger partial charge in [0.15, 0.2) is 11.2 Å². The van der Waals surface area contributed by atoms with Crippen molar-refractivity contribution in [1.29, 1.82) is 0 Å². The lowest BCUT2D eigenvalue weighted by atomic mass is 9.99. The Morgan fingerprint density at radius 1 is 1.18 bits per heavy atom. The molecular formula is C23H23ClN6O3S. The van der Waals surface area contributed by atoms with Crippen LogP contribution in [-0.4, -0.2) is 50.8 Å². The molecule has 3 heterocycles. The summed E-state index contributed by atoms with van der Waals surface area (Å²) in [6, 6.07) is 14.2. The molecule has 11 heteroatoms. The summed E-state index contributed by atoms with van der Waals surface area (Å²) >= 11 is 6.01. The fourth-order valence-electron chi connectivity index (χ4n) is 4.21. The number of hydrogen-bond donors (Lipinski definition) is 1. The first-order valence-electron chi connectivity index (χ1n) is 11.0. The minimum absolute atomic E-state index is 0.151. The standard InChI is InChI=1S/C23H23ClN6O3S/c1-15-7-9-16(10-8-15)13-30-22-20(27-28-30)23(31)26-21(25-22)17-4-3-11-29(14-17)34(32,33)19-6-2-5-18(24)12-19/h2,5-10,12,17H,3-4,11,13-14H2,1H3,(H,25,26,31)/t17-/m1/s1. The Bertz CT molecular complexity index is 1510. The predicted molar refractivity (Wildman–Crippen MR) is 128 cm³/mol. The van der Waals surface area contributed by atoms with Gasteiger partial charge in [-0.15, -0.1) is 5.10 Å². The summed E-state index contributed by atoms with van der Waals surface area (Å²) in [6.07, 6.45) is 1.35. The van der Waals surface area contributed by atoms with Gasteiger partial charge < -0.3 is 4.98 Å². The molecule has 34 heavy (non-hydrogen) atoms. The lowest BCUT2D eigenvalue weighted by Gasteiger charge is -2.31. The summed E-state index contributed by atoms with van der Waals surface area (Å²) in [5, 5.41) is 8.50. The van der Waals surface area contributed by atoms with Gasteiger partial charge in [-0.05, 0) is 43.5 Å². The van der Waals surface area contributed by atoms with Crippen LogP contribution < -0.4 is 5.56 Å². The van der Waals surface area contributed by atoms with Gasteiger partial charge in [0.1, 0.15) is 5.82 Å². The Hall–Kier alpha value is -3.08. The lowest BCUT2D eigenvalue weighted by molar-refractivity contribution is 0.309. The molecule has 0 spiro atoms. The van der Waals surface area contributed by atoms with Gasteiger partial charge in [-0.3, -0.25) is 4.79 Å². The van der Waals surface area contributed by atoms with Gasteiger partial charge in [0.25, 0.3) is 5.56 Å². The van der Waals surface area contributed by atoms with Crippen molar-refractivity contribution in [3.05, 3.63) is 80.9 Å². The number of H-pyrrole nitrogens is 1. The van der Waals surface area contributed by atoms with Crippen molar-refractivity contribution >= 4 is 32.8 Å². The van der Waals surface area contributed by atoms with Crippen molar-refractivity contribution in [3.63, 3.8) is 0 Å². The smallest absolute Gasteiger partial charge is 0.281 e. The van der Waals surface area contributed by atoms with E-state index in [2.05, 4.69) is 20.3 Å². The molecule has 2 aromatic carbocycles. The second kappa shape index (κ2) is 8.94. The number of aromatic amines is 1. The molecule has 4 aromatic rings. The van der Waals surface area contributed by atoms with E-state index < -0.39 is 10.0 Å². The van der Waals surface area contributed by atoms with Gasteiger partial charge in [0.05, 0.1) is 11.4 Å². The number of sulfonamides is 1. The van der Waals surface area contributed by atoms with Gasteiger partial charge in [-0.1, -0.05) is 52.7 Å².